The highest BCUT2D eigenvalue weighted by Gasteiger charge is 2.13. The monoisotopic (exact) mass is 285 g/mol. The van der Waals surface area contributed by atoms with Gasteiger partial charge in [-0.3, -0.25) is 4.79 Å². The zero-order valence-electron chi connectivity index (χ0n) is 11.5. The van der Waals surface area contributed by atoms with Crippen LogP contribution in [0, 0.1) is 0 Å². The summed E-state index contributed by atoms with van der Waals surface area (Å²) >= 11 is 0. The molecule has 0 fully saturated rings. The highest BCUT2D eigenvalue weighted by Crippen LogP contribution is 2.20. The molecule has 0 aliphatic carbocycles. The number of ether oxygens (including phenoxy) is 1. The van der Waals surface area contributed by atoms with E-state index in [4.69, 9.17) is 9.84 Å². The van der Waals surface area contributed by atoms with Gasteiger partial charge in [0.2, 0.25) is 0 Å². The molecule has 1 amide bonds. The number of para-hydroxylation sites is 1. The third kappa shape index (κ3) is 3.39. The number of hydrogen-bond acceptors (Lipinski definition) is 3. The largest absolute Gasteiger partial charge is 0.488 e. The van der Waals surface area contributed by atoms with Gasteiger partial charge in [-0.05, 0) is 18.2 Å². The summed E-state index contributed by atoms with van der Waals surface area (Å²) in [5.74, 6) is -0.844. The number of hydrogen-bond donors (Lipinski definition) is 2. The number of aromatic carboxylic acids is 1. The molecule has 0 saturated heterocycles. The molecule has 21 heavy (non-hydrogen) atoms. The minimum absolute atomic E-state index is 0.0798. The zero-order chi connectivity index (χ0) is 15.2. The molecule has 5 nitrogen and oxygen atoms in total. The molecular weight excluding hydrogens is 270 g/mol. The Balaban J connectivity index is 2.21. The Morgan fingerprint density at radius 1 is 1.05 bits per heavy atom. The molecule has 0 bridgehead atoms. The van der Waals surface area contributed by atoms with Gasteiger partial charge in [-0.1, -0.05) is 30.3 Å². The van der Waals surface area contributed by atoms with Crippen LogP contribution in [0.5, 0.6) is 5.75 Å². The van der Waals surface area contributed by atoms with Gasteiger partial charge in [0.1, 0.15) is 12.4 Å². The Morgan fingerprint density at radius 3 is 2.33 bits per heavy atom. The lowest BCUT2D eigenvalue weighted by Crippen LogP contribution is -2.19. The molecule has 0 atom stereocenters. The van der Waals surface area contributed by atoms with Crippen molar-refractivity contribution in [1.29, 1.82) is 0 Å². The maximum Gasteiger partial charge on any atom is 0.336 e. The first kappa shape index (κ1) is 14.6. The molecule has 5 heteroatoms. The van der Waals surface area contributed by atoms with E-state index in [1.165, 1.54) is 6.07 Å². The lowest BCUT2D eigenvalue weighted by molar-refractivity contribution is 0.0693. The van der Waals surface area contributed by atoms with E-state index < -0.39 is 5.97 Å². The quantitative estimate of drug-likeness (QED) is 0.884. The van der Waals surface area contributed by atoms with E-state index in [1.807, 2.05) is 0 Å². The van der Waals surface area contributed by atoms with Crippen molar-refractivity contribution >= 4 is 11.9 Å². The highest BCUT2D eigenvalue weighted by atomic mass is 16.5. The van der Waals surface area contributed by atoms with Crippen molar-refractivity contribution in [2.45, 2.75) is 6.61 Å². The summed E-state index contributed by atoms with van der Waals surface area (Å²) in [4.78, 5) is 22.9. The van der Waals surface area contributed by atoms with E-state index in [0.29, 0.717) is 16.9 Å². The fourth-order valence-electron chi connectivity index (χ4n) is 1.93. The van der Waals surface area contributed by atoms with Crippen LogP contribution in [0.4, 0.5) is 0 Å². The van der Waals surface area contributed by atoms with Crippen molar-refractivity contribution in [3.05, 3.63) is 65.2 Å². The second-order valence-electron chi connectivity index (χ2n) is 4.33. The van der Waals surface area contributed by atoms with Crippen molar-refractivity contribution < 1.29 is 19.4 Å². The summed E-state index contributed by atoms with van der Waals surface area (Å²) in [6.07, 6.45) is 0. The standard InChI is InChI=1S/C16H15NO4/c1-17-15(18)13-8-4-5-9-14(13)21-10-11-6-2-3-7-12(11)16(19)20/h2-9H,10H2,1H3,(H,17,18)(H,19,20). The van der Waals surface area contributed by atoms with Crippen LogP contribution in [0.2, 0.25) is 0 Å². The van der Waals surface area contributed by atoms with E-state index >= 15 is 0 Å². The number of nitrogens with one attached hydrogen (secondary N) is 1. The van der Waals surface area contributed by atoms with E-state index in [2.05, 4.69) is 5.32 Å². The van der Waals surface area contributed by atoms with Crippen LogP contribution in [0.3, 0.4) is 0 Å². The smallest absolute Gasteiger partial charge is 0.336 e. The fourth-order valence-corrected chi connectivity index (χ4v) is 1.93. The molecule has 2 N–H and O–H groups in total. The summed E-state index contributed by atoms with van der Waals surface area (Å²) < 4.78 is 5.61. The number of benzene rings is 2. The Kier molecular flexibility index (Phi) is 4.56. The predicted octanol–water partition coefficient (Wildman–Crippen LogP) is 2.32. The fraction of sp³-hybridized carbons (Fsp3) is 0.125. The van der Waals surface area contributed by atoms with Gasteiger partial charge in [-0.25, -0.2) is 4.79 Å². The third-order valence-corrected chi connectivity index (χ3v) is 2.99. The number of carboxylic acid groups (broad SMARTS) is 1. The Hall–Kier alpha value is -2.82. The van der Waals surface area contributed by atoms with Gasteiger partial charge in [-0.2, -0.15) is 0 Å². The van der Waals surface area contributed by atoms with Gasteiger partial charge in [0, 0.05) is 12.6 Å². The molecule has 0 aromatic heterocycles. The average molecular weight is 285 g/mol. The SMILES string of the molecule is CNC(=O)c1ccccc1OCc1ccccc1C(=O)O. The minimum atomic E-state index is -1.01. The average Bonchev–Trinajstić information content (AvgIpc) is 2.52. The first-order valence-electron chi connectivity index (χ1n) is 6.38. The summed E-state index contributed by atoms with van der Waals surface area (Å²) in [7, 11) is 1.54. The lowest BCUT2D eigenvalue weighted by atomic mass is 10.1. The number of carboxylic acids is 1. The Bertz CT molecular complexity index is 667. The number of carbonyl (C=O) groups excluding carboxylic acids is 1. The zero-order valence-corrected chi connectivity index (χ0v) is 11.5. The molecule has 0 radical (unpaired) electrons. The van der Waals surface area contributed by atoms with Crippen LogP contribution in [0.1, 0.15) is 26.3 Å². The van der Waals surface area contributed by atoms with E-state index in [1.54, 1.807) is 49.5 Å². The number of rotatable bonds is 5. The minimum Gasteiger partial charge on any atom is -0.488 e. The van der Waals surface area contributed by atoms with Crippen LogP contribution >= 0.6 is 0 Å². The first-order valence-corrected chi connectivity index (χ1v) is 6.38. The van der Waals surface area contributed by atoms with Gasteiger partial charge in [0.25, 0.3) is 5.91 Å². The van der Waals surface area contributed by atoms with Crippen molar-refractivity contribution in [2.24, 2.45) is 0 Å². The van der Waals surface area contributed by atoms with E-state index in [0.717, 1.165) is 0 Å². The van der Waals surface area contributed by atoms with E-state index in [9.17, 15) is 9.59 Å². The second kappa shape index (κ2) is 6.56. The van der Waals surface area contributed by atoms with Gasteiger partial charge >= 0.3 is 5.97 Å². The van der Waals surface area contributed by atoms with Gasteiger partial charge in [0.15, 0.2) is 0 Å². The maximum absolute atomic E-state index is 11.7. The topological polar surface area (TPSA) is 75.6 Å². The Labute approximate surface area is 122 Å². The summed E-state index contributed by atoms with van der Waals surface area (Å²) in [6, 6.07) is 13.4. The molecule has 2 aromatic carbocycles. The van der Waals surface area contributed by atoms with Crippen LogP contribution in [-0.4, -0.2) is 24.0 Å². The number of amides is 1. The van der Waals surface area contributed by atoms with Gasteiger partial charge < -0.3 is 15.2 Å². The third-order valence-electron chi connectivity index (χ3n) is 2.99. The highest BCUT2D eigenvalue weighted by molar-refractivity contribution is 5.96. The van der Waals surface area contributed by atoms with Crippen molar-refractivity contribution in [3.8, 4) is 5.75 Å². The molecule has 0 heterocycles. The van der Waals surface area contributed by atoms with Crippen LogP contribution in [0.25, 0.3) is 0 Å². The van der Waals surface area contributed by atoms with Crippen LogP contribution < -0.4 is 10.1 Å². The normalized spacial score (nSPS) is 9.95. The van der Waals surface area contributed by atoms with E-state index in [-0.39, 0.29) is 18.1 Å². The molecule has 0 saturated carbocycles. The van der Waals surface area contributed by atoms with Crippen molar-refractivity contribution in [1.82, 2.24) is 5.32 Å². The van der Waals surface area contributed by atoms with Crippen molar-refractivity contribution in [3.63, 3.8) is 0 Å². The van der Waals surface area contributed by atoms with Crippen molar-refractivity contribution in [2.75, 3.05) is 7.05 Å². The van der Waals surface area contributed by atoms with Crippen LogP contribution in [0.15, 0.2) is 48.5 Å². The molecule has 2 aromatic rings. The van der Waals surface area contributed by atoms with Crippen LogP contribution in [-0.2, 0) is 6.61 Å². The van der Waals surface area contributed by atoms with Gasteiger partial charge in [0.05, 0.1) is 11.1 Å². The Morgan fingerprint density at radius 2 is 1.67 bits per heavy atom. The predicted molar refractivity (Wildman–Crippen MR) is 77.6 cm³/mol. The molecule has 0 spiro atoms. The molecule has 0 aliphatic heterocycles. The molecular formula is C16H15NO4. The second-order valence-corrected chi connectivity index (χ2v) is 4.33. The first-order chi connectivity index (χ1) is 10.1. The summed E-state index contributed by atoms with van der Waals surface area (Å²) in [5.41, 5.74) is 1.15. The molecule has 0 aliphatic rings. The molecule has 108 valence electrons. The summed E-state index contributed by atoms with van der Waals surface area (Å²) in [6.45, 7) is 0.0798. The molecule has 0 unspecified atom stereocenters. The maximum atomic E-state index is 11.7. The summed E-state index contributed by atoms with van der Waals surface area (Å²) in [5, 5.41) is 11.7. The molecule has 2 rings (SSSR count). The van der Waals surface area contributed by atoms with Gasteiger partial charge in [-0.15, -0.1) is 0 Å². The number of carbonyl (C=O) groups is 2. The lowest BCUT2D eigenvalue weighted by Gasteiger charge is -2.11.